The first-order valence-corrected chi connectivity index (χ1v) is 27.8. The van der Waals surface area contributed by atoms with Crippen molar-refractivity contribution in [1.82, 2.24) is 9.55 Å². The average Bonchev–Trinajstić information content (AvgIpc) is 3.29. The fraction of sp³-hybridized carbons (Fsp3) is 0.766. The lowest BCUT2D eigenvalue weighted by Gasteiger charge is -2.39. The summed E-state index contributed by atoms with van der Waals surface area (Å²) >= 11 is 0. The topological polar surface area (TPSA) is 323 Å². The second-order valence-electron chi connectivity index (χ2n) is 18.3. The number of anilines is 1. The third kappa shape index (κ3) is 23.1. The quantitative estimate of drug-likeness (QED) is 0.0327. The van der Waals surface area contributed by atoms with Gasteiger partial charge in [-0.3, -0.25) is 28.0 Å². The Hall–Kier alpha value is -3.17. The van der Waals surface area contributed by atoms with Gasteiger partial charge in [-0.15, -0.1) is 0 Å². The van der Waals surface area contributed by atoms with Crippen LogP contribution in [0, 0.1) is 17.8 Å². The Morgan fingerprint density at radius 3 is 2.24 bits per heavy atom. The molecule has 70 heavy (non-hydrogen) atoms. The van der Waals surface area contributed by atoms with E-state index in [2.05, 4.69) is 23.1 Å². The number of Topliss-reactive ketones (excluding diaryl/α,β-unsaturated/α-hetero) is 1. The number of ketones is 1. The van der Waals surface area contributed by atoms with Crippen molar-refractivity contribution < 1.29 is 81.3 Å². The van der Waals surface area contributed by atoms with E-state index in [9.17, 15) is 58.5 Å². The maximum Gasteiger partial charge on any atom is 0.481 e. The maximum atomic E-state index is 13.9. The van der Waals surface area contributed by atoms with E-state index in [0.717, 1.165) is 61.6 Å². The Balaban J connectivity index is 1.88. The van der Waals surface area contributed by atoms with Gasteiger partial charge in [-0.2, -0.15) is 9.29 Å². The van der Waals surface area contributed by atoms with E-state index in [1.54, 1.807) is 12.2 Å². The Morgan fingerprint density at radius 2 is 1.57 bits per heavy atom. The molecule has 1 aromatic heterocycles. The summed E-state index contributed by atoms with van der Waals surface area (Å²) in [5.74, 6) is -4.49. The SMILES string of the molecule is CCCCC[C@H](O)C=C[C@H]1C(=O)C[C@H](O)[C@@H]2C/C=C\CCCC(=O)OC[C@@H](OC(=O)CCCCCCCCCCC(C)CC)COP(=O)(O)OP(=O)(O)OC[C@@H](O[C@H]2n2ccc(N)nc2=O)[C@@H](O)[C@H]1O. The minimum Gasteiger partial charge on any atom is -0.462 e. The maximum absolute atomic E-state index is 13.9. The summed E-state index contributed by atoms with van der Waals surface area (Å²) in [6, 6.07) is 1.23. The van der Waals surface area contributed by atoms with E-state index in [0.29, 0.717) is 19.3 Å². The van der Waals surface area contributed by atoms with Gasteiger partial charge in [0.15, 0.2) is 6.10 Å². The van der Waals surface area contributed by atoms with E-state index in [4.69, 9.17) is 29.0 Å². The number of nitrogens with zero attached hydrogens (tertiary/aromatic N) is 2. The molecular weight excluding hydrogens is 956 g/mol. The first-order chi connectivity index (χ1) is 33.3. The predicted octanol–water partition coefficient (Wildman–Crippen LogP) is 6.28. The monoisotopic (exact) mass is 1040 g/mol. The van der Waals surface area contributed by atoms with Gasteiger partial charge in [0.25, 0.3) is 0 Å². The van der Waals surface area contributed by atoms with Gasteiger partial charge < -0.3 is 50.2 Å². The molecule has 3 heterocycles. The Morgan fingerprint density at radius 1 is 0.914 bits per heavy atom. The number of rotatable bonds is 20. The van der Waals surface area contributed by atoms with Crippen LogP contribution in [-0.2, 0) is 51.1 Å². The molecule has 23 heteroatoms. The van der Waals surface area contributed by atoms with Gasteiger partial charge in [-0.05, 0) is 44.1 Å². The summed E-state index contributed by atoms with van der Waals surface area (Å²) in [6.07, 6.45) is 7.44. The number of ether oxygens (including phenoxy) is 3. The van der Waals surface area contributed by atoms with E-state index in [1.165, 1.54) is 43.9 Å². The van der Waals surface area contributed by atoms with Crippen LogP contribution in [0.5, 0.6) is 0 Å². The number of unbranched alkanes of at least 4 members (excludes halogenated alkanes) is 9. The van der Waals surface area contributed by atoms with Gasteiger partial charge in [0.1, 0.15) is 36.6 Å². The van der Waals surface area contributed by atoms with Crippen LogP contribution in [-0.4, -0.2) is 114 Å². The van der Waals surface area contributed by atoms with Crippen molar-refractivity contribution in [2.75, 3.05) is 25.6 Å². The number of allylic oxidation sites excluding steroid dienone is 2. The minimum absolute atomic E-state index is 0.00312. The van der Waals surface area contributed by atoms with Crippen LogP contribution in [0.3, 0.4) is 0 Å². The molecular formula is C47H79N3O18P2. The normalized spacial score (nSPS) is 30.8. The number of nitrogens with two attached hydrogens (primary N) is 1. The third-order valence-electron chi connectivity index (χ3n) is 12.4. The first kappa shape index (κ1) is 61.1. The Kier molecular flexibility index (Phi) is 28.0. The number of carbonyl (C=O) groups excluding carboxylic acids is 3. The highest BCUT2D eigenvalue weighted by Crippen LogP contribution is 2.60. The van der Waals surface area contributed by atoms with Crippen LogP contribution in [0.1, 0.15) is 155 Å². The number of aliphatic hydroxyl groups is 4. The zero-order chi connectivity index (χ0) is 51.7. The van der Waals surface area contributed by atoms with Crippen molar-refractivity contribution in [3.63, 3.8) is 0 Å². The lowest BCUT2D eigenvalue weighted by atomic mass is 9.83. The summed E-state index contributed by atoms with van der Waals surface area (Å²) in [4.78, 5) is 78.0. The lowest BCUT2D eigenvalue weighted by molar-refractivity contribution is -0.186. The fourth-order valence-corrected chi connectivity index (χ4v) is 10.2. The van der Waals surface area contributed by atoms with Crippen molar-refractivity contribution in [2.45, 2.75) is 192 Å². The number of cyclic esters (lactones) is 1. The van der Waals surface area contributed by atoms with Crippen LogP contribution in [0.2, 0.25) is 0 Å². The van der Waals surface area contributed by atoms with Crippen molar-refractivity contribution in [3.8, 4) is 0 Å². The molecule has 21 nitrogen and oxygen atoms in total. The van der Waals surface area contributed by atoms with Gasteiger partial charge in [-0.1, -0.05) is 122 Å². The molecule has 0 saturated carbocycles. The van der Waals surface area contributed by atoms with Gasteiger partial charge in [0, 0.05) is 31.4 Å². The number of aliphatic hydroxyl groups excluding tert-OH is 4. The highest BCUT2D eigenvalue weighted by atomic mass is 31.3. The standard InChI is InChI=1S/C47H79N3O18P2/c1-4-6-15-21-34(51)25-26-36-38(52)29-39(53)37-22-17-13-14-18-23-42(54)63-30-35(66-43(55)24-19-12-10-8-7-9-11-16-20-33(3)5-2)31-64-69(59,60)68-70(61,62)65-32-40(45(57)44(36)56)67-46(37)50-28-27-41(48)49-47(50)58/h13,17,25-28,33-37,39-40,44-46,51,53,56-57H,4-12,14-16,18-24,29-32H2,1-3H3,(H,59,60)(H,61,62)(H2,48,49,58)/b17-13-,26-25?/t33?,34-,35+,36-,37-,39-,40+,44-,45+,46+/m0/s1. The molecule has 1 aromatic rings. The molecule has 2 bridgehead atoms. The highest BCUT2D eigenvalue weighted by Gasteiger charge is 2.45. The zero-order valence-corrected chi connectivity index (χ0v) is 42.7. The number of carbonyl (C=O) groups is 3. The minimum atomic E-state index is -5.72. The van der Waals surface area contributed by atoms with E-state index >= 15 is 0 Å². The molecule has 400 valence electrons. The van der Waals surface area contributed by atoms with Crippen molar-refractivity contribution in [1.29, 1.82) is 0 Å². The number of aromatic nitrogens is 2. The van der Waals surface area contributed by atoms with E-state index in [-0.39, 0.29) is 37.9 Å². The summed E-state index contributed by atoms with van der Waals surface area (Å²) in [7, 11) is -11.3. The zero-order valence-electron chi connectivity index (χ0n) is 40.9. The summed E-state index contributed by atoms with van der Waals surface area (Å²) < 4.78 is 58.8. The largest absolute Gasteiger partial charge is 0.481 e. The highest BCUT2D eigenvalue weighted by molar-refractivity contribution is 7.61. The fourth-order valence-electron chi connectivity index (χ4n) is 8.04. The number of phosphoric acid groups is 2. The molecule has 1 saturated heterocycles. The van der Waals surface area contributed by atoms with Crippen LogP contribution in [0.15, 0.2) is 41.4 Å². The Bertz CT molecular complexity index is 1950. The predicted molar refractivity (Wildman–Crippen MR) is 257 cm³/mol. The molecule has 3 rings (SSSR count). The third-order valence-corrected chi connectivity index (χ3v) is 15.0. The summed E-state index contributed by atoms with van der Waals surface area (Å²) in [6.45, 7) is 3.68. The van der Waals surface area contributed by atoms with Crippen LogP contribution >= 0.6 is 15.6 Å². The number of hydrogen-bond acceptors (Lipinski definition) is 18. The van der Waals surface area contributed by atoms with Crippen LogP contribution < -0.4 is 11.4 Å². The second-order valence-corrected chi connectivity index (χ2v) is 21.4. The van der Waals surface area contributed by atoms with Gasteiger partial charge in [-0.25, -0.2) is 13.9 Å². The van der Waals surface area contributed by atoms with Crippen molar-refractivity contribution >= 4 is 39.2 Å². The number of esters is 2. The molecule has 2 aliphatic rings. The number of fused-ring (bicyclic) bond motifs is 3. The molecule has 0 aliphatic carbocycles. The number of phosphoric ester groups is 2. The second kappa shape index (κ2) is 32.1. The smallest absolute Gasteiger partial charge is 0.462 e. The average molecular weight is 1040 g/mol. The molecule has 3 unspecified atom stereocenters. The molecule has 0 radical (unpaired) electrons. The van der Waals surface area contributed by atoms with E-state index < -0.39 is 120 Å². The van der Waals surface area contributed by atoms with Crippen molar-refractivity contribution in [3.05, 3.63) is 47.1 Å². The van der Waals surface area contributed by atoms with Gasteiger partial charge >= 0.3 is 33.3 Å². The number of hydrogen-bond donors (Lipinski definition) is 7. The summed E-state index contributed by atoms with van der Waals surface area (Å²) in [5, 5.41) is 45.7. The Labute approximate surface area is 411 Å². The van der Waals surface area contributed by atoms with Crippen molar-refractivity contribution in [2.24, 2.45) is 17.8 Å². The number of nitrogen functional groups attached to an aromatic ring is 1. The molecule has 0 aromatic carbocycles. The van der Waals surface area contributed by atoms with Gasteiger partial charge in [0.05, 0.1) is 37.4 Å². The molecule has 12 atom stereocenters. The molecule has 0 spiro atoms. The van der Waals surface area contributed by atoms with Crippen LogP contribution in [0.25, 0.3) is 0 Å². The van der Waals surface area contributed by atoms with Gasteiger partial charge in [0.2, 0.25) is 0 Å². The molecule has 1 fully saturated rings. The molecule has 8 N–H and O–H groups in total. The summed E-state index contributed by atoms with van der Waals surface area (Å²) in [5.41, 5.74) is 4.74. The molecule has 0 amide bonds. The first-order valence-electron chi connectivity index (χ1n) is 24.8. The lowest BCUT2D eigenvalue weighted by Crippen LogP contribution is -2.51. The van der Waals surface area contributed by atoms with Crippen LogP contribution in [0.4, 0.5) is 5.82 Å². The van der Waals surface area contributed by atoms with E-state index in [1.807, 2.05) is 6.92 Å². The molecule has 2 aliphatic heterocycles.